The van der Waals surface area contributed by atoms with Gasteiger partial charge < -0.3 is 15.2 Å². The van der Waals surface area contributed by atoms with Crippen LogP contribution >= 0.6 is 0 Å². The van der Waals surface area contributed by atoms with E-state index in [4.69, 9.17) is 10.2 Å². The largest absolute Gasteiger partial charge is 0.477 e. The zero-order chi connectivity index (χ0) is 15.1. The summed E-state index contributed by atoms with van der Waals surface area (Å²) in [6.45, 7) is 0. The average molecular weight is 284 g/mol. The molecule has 0 aliphatic heterocycles. The van der Waals surface area contributed by atoms with Crippen molar-refractivity contribution in [2.45, 2.75) is 0 Å². The molecule has 106 valence electrons. The fraction of sp³-hybridized carbons (Fsp3) is 0. The normalized spacial score (nSPS) is 9.20. The second kappa shape index (κ2) is 6.48. The molecule has 0 saturated carbocycles. The van der Waals surface area contributed by atoms with Gasteiger partial charge in [-0.15, -0.1) is 5.10 Å². The Bertz CT molecular complexity index is 672. The highest BCUT2D eigenvalue weighted by atomic mass is 16.4. The van der Waals surface area contributed by atoms with Crippen molar-refractivity contribution in [2.24, 2.45) is 0 Å². The van der Waals surface area contributed by atoms with Crippen LogP contribution in [0.5, 0.6) is 0 Å². The van der Waals surface area contributed by atoms with Crippen LogP contribution in [0.25, 0.3) is 0 Å². The zero-order valence-electron chi connectivity index (χ0n) is 9.60. The van der Waals surface area contributed by atoms with Gasteiger partial charge in [0.15, 0.2) is 0 Å². The molecule has 1 amide bonds. The number of carbonyl (C=O) groups is 2. The molecule has 20 heavy (non-hydrogen) atoms. The van der Waals surface area contributed by atoms with Gasteiger partial charge >= 0.3 is 17.8 Å². The molecule has 0 saturated heterocycles. The summed E-state index contributed by atoms with van der Waals surface area (Å²) in [7, 11) is 0. The third-order valence-corrected chi connectivity index (χ3v) is 1.62. The number of rotatable bonds is 2. The number of nitrogens with one attached hydrogen (secondary N) is 3. The Labute approximate surface area is 108 Å². The number of amides is 1. The first-order valence-corrected chi connectivity index (χ1v) is 4.81. The smallest absolute Gasteiger partial charge is 0.425 e. The topological polar surface area (TPSA) is 183 Å². The number of aromatic amines is 2. The summed E-state index contributed by atoms with van der Waals surface area (Å²) in [5.74, 6) is -1.34. The summed E-state index contributed by atoms with van der Waals surface area (Å²) in [5, 5.41) is 23.1. The average Bonchev–Trinajstić information content (AvgIpc) is 2.80. The number of carboxylic acids is 1. The number of hydrogen-bond acceptors (Lipinski definition) is 6. The van der Waals surface area contributed by atoms with Crippen LogP contribution in [-0.2, 0) is 0 Å². The van der Waals surface area contributed by atoms with Crippen LogP contribution in [-0.4, -0.2) is 47.3 Å². The molecule has 0 bridgehead atoms. The molecule has 12 nitrogen and oxygen atoms in total. The Morgan fingerprint density at radius 1 is 1.25 bits per heavy atom. The van der Waals surface area contributed by atoms with E-state index in [1.54, 1.807) is 0 Å². The van der Waals surface area contributed by atoms with E-state index < -0.39 is 29.0 Å². The molecule has 2 aromatic heterocycles. The molecule has 0 aliphatic rings. The molecule has 0 aliphatic carbocycles. The van der Waals surface area contributed by atoms with E-state index in [9.17, 15) is 19.2 Å². The van der Waals surface area contributed by atoms with Crippen LogP contribution in [0.1, 0.15) is 10.5 Å². The summed E-state index contributed by atoms with van der Waals surface area (Å²) in [6, 6.07) is 0.795. The summed E-state index contributed by atoms with van der Waals surface area (Å²) in [6.07, 6.45) is 1.59. The van der Waals surface area contributed by atoms with Gasteiger partial charge in [-0.3, -0.25) is 9.78 Å². The predicted molar refractivity (Wildman–Crippen MR) is 62.1 cm³/mol. The highest BCUT2D eigenvalue weighted by molar-refractivity contribution is 5.84. The summed E-state index contributed by atoms with van der Waals surface area (Å²) in [4.78, 5) is 45.7. The fourth-order valence-corrected chi connectivity index (χ4v) is 0.950. The Balaban J connectivity index is 0.000000204. The Kier molecular flexibility index (Phi) is 4.74. The minimum Gasteiger partial charge on any atom is -0.477 e. The van der Waals surface area contributed by atoms with Gasteiger partial charge in [-0.1, -0.05) is 0 Å². The number of aromatic carboxylic acids is 1. The molecule has 0 atom stereocenters. The Morgan fingerprint density at radius 2 is 1.95 bits per heavy atom. The molecule has 2 heterocycles. The monoisotopic (exact) mass is 284 g/mol. The third kappa shape index (κ3) is 4.82. The van der Waals surface area contributed by atoms with E-state index in [0.717, 1.165) is 10.9 Å². The third-order valence-electron chi connectivity index (χ3n) is 1.62. The van der Waals surface area contributed by atoms with Gasteiger partial charge in [-0.25, -0.2) is 19.8 Å². The quantitative estimate of drug-likeness (QED) is 0.430. The van der Waals surface area contributed by atoms with Crippen molar-refractivity contribution in [1.82, 2.24) is 25.1 Å². The maximum atomic E-state index is 10.5. The standard InChI is InChI=1S/C5H4N2O4.C3H4N4O2/c8-3-1-2(4(9)10)6-5(11)7-3;8-3(9)5-7-2-1-4-6-7/h1H,(H,9,10)(H2,6,7,8,11);1-2,5H,(H,8,9). The molecule has 0 fully saturated rings. The van der Waals surface area contributed by atoms with Gasteiger partial charge in [0.2, 0.25) is 0 Å². The van der Waals surface area contributed by atoms with E-state index in [1.165, 1.54) is 12.4 Å². The summed E-state index contributed by atoms with van der Waals surface area (Å²) < 4.78 is 0. The van der Waals surface area contributed by atoms with Gasteiger partial charge in [0.05, 0.1) is 12.4 Å². The summed E-state index contributed by atoms with van der Waals surface area (Å²) in [5.41, 5.74) is -0.0280. The van der Waals surface area contributed by atoms with E-state index in [2.05, 4.69) is 10.3 Å². The second-order valence-electron chi connectivity index (χ2n) is 3.07. The SMILES string of the molecule is O=C(O)Nn1ccnn1.O=C(O)c1cc(=O)[nH]c(=O)[nH]1. The summed E-state index contributed by atoms with van der Waals surface area (Å²) >= 11 is 0. The van der Waals surface area contributed by atoms with Gasteiger partial charge in [0, 0.05) is 6.07 Å². The second-order valence-corrected chi connectivity index (χ2v) is 3.07. The first kappa shape index (κ1) is 14.6. The van der Waals surface area contributed by atoms with Crippen molar-refractivity contribution in [3.63, 3.8) is 0 Å². The maximum Gasteiger partial charge on any atom is 0.425 e. The van der Waals surface area contributed by atoms with Crippen LogP contribution in [0.15, 0.2) is 28.0 Å². The predicted octanol–water partition coefficient (Wildman–Crippen LogP) is -1.74. The minimum absolute atomic E-state index is 0.418. The van der Waals surface area contributed by atoms with E-state index >= 15 is 0 Å². The van der Waals surface area contributed by atoms with Gasteiger partial charge in [-0.2, -0.15) is 4.79 Å². The number of hydrogen-bond donors (Lipinski definition) is 5. The van der Waals surface area contributed by atoms with Gasteiger partial charge in [-0.05, 0) is 5.21 Å². The molecule has 0 radical (unpaired) electrons. The molecule has 2 aromatic rings. The Hall–Kier alpha value is -3.44. The first-order chi connectivity index (χ1) is 9.38. The van der Waals surface area contributed by atoms with Gasteiger partial charge in [0.25, 0.3) is 5.56 Å². The number of aromatic nitrogens is 5. The molecule has 12 heteroatoms. The van der Waals surface area contributed by atoms with Crippen molar-refractivity contribution >= 4 is 12.1 Å². The lowest BCUT2D eigenvalue weighted by molar-refractivity contribution is 0.0689. The molecular weight excluding hydrogens is 276 g/mol. The van der Waals surface area contributed by atoms with Crippen LogP contribution in [0.2, 0.25) is 0 Å². The lowest BCUT2D eigenvalue weighted by Crippen LogP contribution is -2.24. The fourth-order valence-electron chi connectivity index (χ4n) is 0.950. The van der Waals surface area contributed by atoms with Crippen molar-refractivity contribution in [2.75, 3.05) is 5.43 Å². The Morgan fingerprint density at radius 3 is 2.40 bits per heavy atom. The maximum absolute atomic E-state index is 10.5. The van der Waals surface area contributed by atoms with Crippen molar-refractivity contribution in [3.05, 3.63) is 45.0 Å². The van der Waals surface area contributed by atoms with Crippen LogP contribution in [0.3, 0.4) is 0 Å². The zero-order valence-corrected chi connectivity index (χ0v) is 9.60. The molecule has 2 rings (SSSR count). The minimum atomic E-state index is -1.34. The highest BCUT2D eigenvalue weighted by Crippen LogP contribution is 1.81. The van der Waals surface area contributed by atoms with E-state index in [1.807, 2.05) is 15.4 Å². The highest BCUT2D eigenvalue weighted by Gasteiger charge is 2.03. The number of H-pyrrole nitrogens is 2. The first-order valence-electron chi connectivity index (χ1n) is 4.81. The van der Waals surface area contributed by atoms with E-state index in [-0.39, 0.29) is 0 Å². The molecule has 0 spiro atoms. The van der Waals surface area contributed by atoms with Crippen molar-refractivity contribution in [3.8, 4) is 0 Å². The van der Waals surface area contributed by atoms with Gasteiger partial charge in [0.1, 0.15) is 5.69 Å². The van der Waals surface area contributed by atoms with Crippen LogP contribution in [0.4, 0.5) is 4.79 Å². The molecule has 5 N–H and O–H groups in total. The molecule has 0 aromatic carbocycles. The van der Waals surface area contributed by atoms with Crippen molar-refractivity contribution < 1.29 is 19.8 Å². The van der Waals surface area contributed by atoms with Crippen LogP contribution in [0, 0.1) is 0 Å². The molecule has 0 unspecified atom stereocenters. The lowest BCUT2D eigenvalue weighted by atomic mass is 10.4. The van der Waals surface area contributed by atoms with Crippen LogP contribution < -0.4 is 16.7 Å². The van der Waals surface area contributed by atoms with Crippen molar-refractivity contribution in [1.29, 1.82) is 0 Å². The molecular formula is C8H8N6O6. The number of carboxylic acid groups (broad SMARTS) is 2. The van der Waals surface area contributed by atoms with E-state index in [0.29, 0.717) is 0 Å². The number of nitrogens with zero attached hydrogens (tertiary/aromatic N) is 3. The lowest BCUT2D eigenvalue weighted by Gasteiger charge is -1.93.